The highest BCUT2D eigenvalue weighted by Gasteiger charge is 2.52. The first-order valence-corrected chi connectivity index (χ1v) is 8.28. The minimum absolute atomic E-state index is 0.0503. The summed E-state index contributed by atoms with van der Waals surface area (Å²) in [5.41, 5.74) is -0.257. The fraction of sp³-hybridized carbons (Fsp3) is 0.588. The van der Waals surface area contributed by atoms with Crippen molar-refractivity contribution >= 4 is 23.5 Å². The Morgan fingerprint density at radius 3 is 2.83 bits per heavy atom. The predicted molar refractivity (Wildman–Crippen MR) is 91.0 cm³/mol. The van der Waals surface area contributed by atoms with Crippen LogP contribution in [0, 0.1) is 5.41 Å². The molecule has 0 radical (unpaired) electrons. The Labute approximate surface area is 141 Å². The molecule has 0 bridgehead atoms. The number of pyridine rings is 1. The summed E-state index contributed by atoms with van der Waals surface area (Å²) < 4.78 is 5.25. The van der Waals surface area contributed by atoms with Gasteiger partial charge in [-0.05, 0) is 45.7 Å². The SMILES string of the molecule is CC(C)(C)OC(=O)NCC1(C(=O)N2CCNc3ncccc32)CC1. The maximum Gasteiger partial charge on any atom is 0.407 e. The van der Waals surface area contributed by atoms with Gasteiger partial charge in [0, 0.05) is 25.8 Å². The molecule has 0 unspecified atom stereocenters. The van der Waals surface area contributed by atoms with Gasteiger partial charge in [-0.1, -0.05) is 0 Å². The highest BCUT2D eigenvalue weighted by Crippen LogP contribution is 2.48. The summed E-state index contributed by atoms with van der Waals surface area (Å²) in [6.07, 6.45) is 2.78. The Morgan fingerprint density at radius 2 is 2.17 bits per heavy atom. The van der Waals surface area contributed by atoms with Gasteiger partial charge in [-0.2, -0.15) is 0 Å². The Hall–Kier alpha value is -2.31. The van der Waals surface area contributed by atoms with E-state index in [9.17, 15) is 9.59 Å². The van der Waals surface area contributed by atoms with E-state index in [0.29, 0.717) is 19.6 Å². The molecular formula is C17H24N4O3. The molecule has 1 aliphatic heterocycles. The van der Waals surface area contributed by atoms with Crippen molar-refractivity contribution in [2.24, 2.45) is 5.41 Å². The van der Waals surface area contributed by atoms with Crippen molar-refractivity contribution < 1.29 is 14.3 Å². The summed E-state index contributed by atoms with van der Waals surface area (Å²) in [4.78, 5) is 30.9. The van der Waals surface area contributed by atoms with Gasteiger partial charge in [-0.25, -0.2) is 9.78 Å². The van der Waals surface area contributed by atoms with Crippen molar-refractivity contribution in [3.8, 4) is 0 Å². The minimum atomic E-state index is -0.548. The number of carbonyl (C=O) groups is 2. The lowest BCUT2D eigenvalue weighted by Gasteiger charge is -2.32. The van der Waals surface area contributed by atoms with E-state index in [4.69, 9.17) is 4.74 Å². The number of fused-ring (bicyclic) bond motifs is 1. The van der Waals surface area contributed by atoms with Gasteiger partial charge in [-0.15, -0.1) is 0 Å². The zero-order valence-corrected chi connectivity index (χ0v) is 14.4. The average molecular weight is 332 g/mol. The van der Waals surface area contributed by atoms with Crippen LogP contribution >= 0.6 is 0 Å². The highest BCUT2D eigenvalue weighted by atomic mass is 16.6. The molecule has 0 atom stereocenters. The van der Waals surface area contributed by atoms with Gasteiger partial charge in [0.25, 0.3) is 0 Å². The van der Waals surface area contributed by atoms with Gasteiger partial charge in [0.2, 0.25) is 5.91 Å². The molecule has 1 aromatic heterocycles. The molecule has 1 fully saturated rings. The van der Waals surface area contributed by atoms with Gasteiger partial charge in [0.15, 0.2) is 0 Å². The number of ether oxygens (including phenoxy) is 1. The molecule has 0 spiro atoms. The van der Waals surface area contributed by atoms with Crippen LogP contribution in [-0.4, -0.2) is 42.2 Å². The second-order valence-electron chi connectivity index (χ2n) is 7.39. The molecule has 0 aromatic carbocycles. The smallest absolute Gasteiger partial charge is 0.407 e. The zero-order chi connectivity index (χ0) is 17.4. The fourth-order valence-corrected chi connectivity index (χ4v) is 2.83. The van der Waals surface area contributed by atoms with Crippen LogP contribution in [0.1, 0.15) is 33.6 Å². The molecule has 2 N–H and O–H groups in total. The number of rotatable bonds is 3. The standard InChI is InChI=1S/C17H24N4O3/c1-16(2,3)24-15(23)20-11-17(6-7-17)14(22)21-10-9-19-13-12(21)5-4-8-18-13/h4-5,8H,6-7,9-11H2,1-3H3,(H,18,19)(H,20,23). The van der Waals surface area contributed by atoms with Crippen LogP contribution < -0.4 is 15.5 Å². The van der Waals surface area contributed by atoms with E-state index in [0.717, 1.165) is 24.3 Å². The number of alkyl carbamates (subject to hydrolysis) is 1. The van der Waals surface area contributed by atoms with E-state index < -0.39 is 17.1 Å². The molecule has 130 valence electrons. The van der Waals surface area contributed by atoms with Gasteiger partial charge in [0.05, 0.1) is 11.1 Å². The number of hydrogen-bond donors (Lipinski definition) is 2. The van der Waals surface area contributed by atoms with Gasteiger partial charge in [0.1, 0.15) is 11.4 Å². The van der Waals surface area contributed by atoms with Crippen molar-refractivity contribution in [3.05, 3.63) is 18.3 Å². The third-order valence-corrected chi connectivity index (χ3v) is 4.23. The minimum Gasteiger partial charge on any atom is -0.444 e. The van der Waals surface area contributed by atoms with Crippen molar-refractivity contribution in [1.29, 1.82) is 0 Å². The lowest BCUT2D eigenvalue weighted by molar-refractivity contribution is -0.123. The molecular weight excluding hydrogens is 308 g/mol. The van der Waals surface area contributed by atoms with Crippen LogP contribution in [0.3, 0.4) is 0 Å². The third kappa shape index (κ3) is 3.44. The fourth-order valence-electron chi connectivity index (χ4n) is 2.83. The monoisotopic (exact) mass is 332 g/mol. The quantitative estimate of drug-likeness (QED) is 0.886. The van der Waals surface area contributed by atoms with Gasteiger partial charge < -0.3 is 20.3 Å². The molecule has 3 rings (SSSR count). The Kier molecular flexibility index (Phi) is 4.11. The van der Waals surface area contributed by atoms with E-state index in [1.165, 1.54) is 0 Å². The van der Waals surface area contributed by atoms with E-state index >= 15 is 0 Å². The van der Waals surface area contributed by atoms with Gasteiger partial charge in [-0.3, -0.25) is 4.79 Å². The maximum atomic E-state index is 13.0. The van der Waals surface area contributed by atoms with Crippen LogP contribution in [-0.2, 0) is 9.53 Å². The van der Waals surface area contributed by atoms with Crippen LogP contribution in [0.15, 0.2) is 18.3 Å². The molecule has 2 amide bonds. The second kappa shape index (κ2) is 5.96. The largest absolute Gasteiger partial charge is 0.444 e. The summed E-state index contributed by atoms with van der Waals surface area (Å²) >= 11 is 0. The molecule has 7 heteroatoms. The number of aromatic nitrogens is 1. The first-order valence-electron chi connectivity index (χ1n) is 8.28. The van der Waals surface area contributed by atoms with Crippen molar-refractivity contribution in [2.45, 2.75) is 39.2 Å². The van der Waals surface area contributed by atoms with Crippen molar-refractivity contribution in [2.75, 3.05) is 29.9 Å². The second-order valence-corrected chi connectivity index (χ2v) is 7.39. The molecule has 0 saturated heterocycles. The Balaban J connectivity index is 1.66. The number of anilines is 2. The first kappa shape index (κ1) is 16.5. The summed E-state index contributed by atoms with van der Waals surface area (Å²) in [6, 6.07) is 3.72. The Bertz CT molecular complexity index is 649. The number of nitrogens with one attached hydrogen (secondary N) is 2. The van der Waals surface area contributed by atoms with Crippen LogP contribution in [0.4, 0.5) is 16.3 Å². The normalized spacial score (nSPS) is 18.2. The number of carbonyl (C=O) groups excluding carboxylic acids is 2. The van der Waals surface area contributed by atoms with Gasteiger partial charge >= 0.3 is 6.09 Å². The molecule has 1 saturated carbocycles. The summed E-state index contributed by atoms with van der Waals surface area (Å²) in [5, 5.41) is 5.95. The predicted octanol–water partition coefficient (Wildman–Crippen LogP) is 2.14. The summed E-state index contributed by atoms with van der Waals surface area (Å²) in [5.74, 6) is 0.780. The van der Waals surface area contributed by atoms with Crippen molar-refractivity contribution in [1.82, 2.24) is 10.3 Å². The lowest BCUT2D eigenvalue weighted by Crippen LogP contribution is -2.47. The molecule has 2 heterocycles. The average Bonchev–Trinajstić information content (AvgIpc) is 3.31. The highest BCUT2D eigenvalue weighted by molar-refractivity contribution is 6.02. The molecule has 1 aliphatic carbocycles. The van der Waals surface area contributed by atoms with E-state index in [1.54, 1.807) is 11.1 Å². The van der Waals surface area contributed by atoms with Crippen molar-refractivity contribution in [3.63, 3.8) is 0 Å². The van der Waals surface area contributed by atoms with Crippen LogP contribution in [0.5, 0.6) is 0 Å². The number of amides is 2. The van der Waals surface area contributed by atoms with E-state index in [1.807, 2.05) is 32.9 Å². The number of hydrogen-bond acceptors (Lipinski definition) is 5. The summed E-state index contributed by atoms with van der Waals surface area (Å²) in [7, 11) is 0. The van der Waals surface area contributed by atoms with E-state index in [-0.39, 0.29) is 5.91 Å². The Morgan fingerprint density at radius 1 is 1.42 bits per heavy atom. The maximum absolute atomic E-state index is 13.0. The summed E-state index contributed by atoms with van der Waals surface area (Å²) in [6.45, 7) is 7.02. The number of nitrogens with zero attached hydrogens (tertiary/aromatic N) is 2. The third-order valence-electron chi connectivity index (χ3n) is 4.23. The molecule has 7 nitrogen and oxygen atoms in total. The first-order chi connectivity index (χ1) is 11.3. The zero-order valence-electron chi connectivity index (χ0n) is 14.4. The van der Waals surface area contributed by atoms with Crippen LogP contribution in [0.25, 0.3) is 0 Å². The molecule has 1 aromatic rings. The topological polar surface area (TPSA) is 83.6 Å². The molecule has 2 aliphatic rings. The van der Waals surface area contributed by atoms with Crippen LogP contribution in [0.2, 0.25) is 0 Å². The molecule has 24 heavy (non-hydrogen) atoms. The van der Waals surface area contributed by atoms with E-state index in [2.05, 4.69) is 15.6 Å². The lowest BCUT2D eigenvalue weighted by atomic mass is 10.0.